The molecule has 0 amide bonds. The van der Waals surface area contributed by atoms with Gasteiger partial charge in [-0.25, -0.2) is 13.5 Å². The molecule has 1 aromatic heterocycles. The van der Waals surface area contributed by atoms with E-state index in [1.807, 2.05) is 0 Å². The van der Waals surface area contributed by atoms with E-state index < -0.39 is 34.9 Å². The predicted molar refractivity (Wildman–Crippen MR) is 61.0 cm³/mol. The maximum atomic E-state index is 13.8. The van der Waals surface area contributed by atoms with Gasteiger partial charge in [0.05, 0.1) is 11.8 Å². The Morgan fingerprint density at radius 3 is 2.24 bits per heavy atom. The number of alkyl halides is 3. The minimum Gasteiger partial charge on any atom is -0.409 e. The minimum atomic E-state index is -4.68. The highest BCUT2D eigenvalue weighted by molar-refractivity contribution is 5.97. The van der Waals surface area contributed by atoms with Crippen LogP contribution in [0.2, 0.25) is 0 Å². The van der Waals surface area contributed by atoms with Crippen LogP contribution in [0.5, 0.6) is 0 Å². The SMILES string of the molecule is N/C(=N/O)c1cc(F)c(-n2cc(C(F)(F)F)cn2)c(F)c1. The zero-order valence-electron chi connectivity index (χ0n) is 10.1. The van der Waals surface area contributed by atoms with Crippen LogP contribution in [0.25, 0.3) is 5.69 Å². The van der Waals surface area contributed by atoms with Crippen molar-refractivity contribution >= 4 is 5.84 Å². The molecule has 2 rings (SSSR count). The van der Waals surface area contributed by atoms with E-state index in [9.17, 15) is 22.0 Å². The van der Waals surface area contributed by atoms with Crippen LogP contribution < -0.4 is 5.73 Å². The van der Waals surface area contributed by atoms with Gasteiger partial charge in [-0.15, -0.1) is 0 Å². The molecule has 0 radical (unpaired) electrons. The molecule has 21 heavy (non-hydrogen) atoms. The lowest BCUT2D eigenvalue weighted by Crippen LogP contribution is -2.15. The van der Waals surface area contributed by atoms with Gasteiger partial charge in [0.25, 0.3) is 0 Å². The Labute approximate surface area is 114 Å². The van der Waals surface area contributed by atoms with Gasteiger partial charge >= 0.3 is 6.18 Å². The van der Waals surface area contributed by atoms with Gasteiger partial charge in [-0.3, -0.25) is 0 Å². The maximum Gasteiger partial charge on any atom is 0.419 e. The Hall–Kier alpha value is -2.65. The molecule has 0 saturated carbocycles. The van der Waals surface area contributed by atoms with Gasteiger partial charge in [-0.1, -0.05) is 5.16 Å². The Morgan fingerprint density at radius 2 is 1.81 bits per heavy atom. The highest BCUT2D eigenvalue weighted by Gasteiger charge is 2.32. The molecule has 0 bridgehead atoms. The van der Waals surface area contributed by atoms with E-state index in [0.29, 0.717) is 29.2 Å². The van der Waals surface area contributed by atoms with Gasteiger partial charge in [0.15, 0.2) is 17.5 Å². The summed E-state index contributed by atoms with van der Waals surface area (Å²) in [6.07, 6.45) is -3.79. The van der Waals surface area contributed by atoms with Crippen molar-refractivity contribution in [2.45, 2.75) is 6.18 Å². The Balaban J connectivity index is 2.53. The van der Waals surface area contributed by atoms with E-state index >= 15 is 0 Å². The molecule has 0 fully saturated rings. The first kappa shape index (κ1) is 14.8. The number of benzene rings is 1. The van der Waals surface area contributed by atoms with Gasteiger partial charge < -0.3 is 10.9 Å². The van der Waals surface area contributed by atoms with Crippen LogP contribution in [0, 0.1) is 11.6 Å². The van der Waals surface area contributed by atoms with E-state index in [2.05, 4.69) is 10.3 Å². The number of rotatable bonds is 2. The molecule has 0 unspecified atom stereocenters. The topological polar surface area (TPSA) is 76.4 Å². The molecule has 0 aliphatic heterocycles. The van der Waals surface area contributed by atoms with Gasteiger partial charge in [0.1, 0.15) is 5.69 Å². The lowest BCUT2D eigenvalue weighted by Gasteiger charge is -2.07. The fraction of sp³-hybridized carbons (Fsp3) is 0.0909. The highest BCUT2D eigenvalue weighted by Crippen LogP contribution is 2.30. The molecule has 3 N–H and O–H groups in total. The zero-order valence-corrected chi connectivity index (χ0v) is 10.1. The molecule has 10 heteroatoms. The predicted octanol–water partition coefficient (Wildman–Crippen LogP) is 2.26. The second-order valence-electron chi connectivity index (χ2n) is 3.95. The van der Waals surface area contributed by atoms with Crippen molar-refractivity contribution in [3.8, 4) is 5.69 Å². The minimum absolute atomic E-state index is 0.264. The van der Waals surface area contributed by atoms with Gasteiger partial charge in [0.2, 0.25) is 0 Å². The molecule has 0 aliphatic carbocycles. The summed E-state index contributed by atoms with van der Waals surface area (Å²) in [4.78, 5) is 0. The van der Waals surface area contributed by atoms with Crippen molar-refractivity contribution in [2.24, 2.45) is 10.9 Å². The van der Waals surface area contributed by atoms with Crippen LogP contribution in [0.1, 0.15) is 11.1 Å². The third-order valence-corrected chi connectivity index (χ3v) is 2.56. The van der Waals surface area contributed by atoms with E-state index in [1.165, 1.54) is 0 Å². The zero-order chi connectivity index (χ0) is 15.8. The maximum absolute atomic E-state index is 13.8. The molecule has 1 heterocycles. The number of nitrogens with two attached hydrogens (primary N) is 1. The lowest BCUT2D eigenvalue weighted by molar-refractivity contribution is -0.137. The molecular formula is C11H7F5N4O. The van der Waals surface area contributed by atoms with Crippen LogP contribution in [0.15, 0.2) is 29.7 Å². The quantitative estimate of drug-likeness (QED) is 0.294. The third-order valence-electron chi connectivity index (χ3n) is 2.56. The second kappa shape index (κ2) is 5.04. The first-order chi connectivity index (χ1) is 9.74. The summed E-state index contributed by atoms with van der Waals surface area (Å²) in [5.74, 6) is -2.97. The average molecular weight is 306 g/mol. The monoisotopic (exact) mass is 306 g/mol. The number of nitrogens with zero attached hydrogens (tertiary/aromatic N) is 3. The Bertz CT molecular complexity index is 684. The highest BCUT2D eigenvalue weighted by atomic mass is 19.4. The summed E-state index contributed by atoms with van der Waals surface area (Å²) in [7, 11) is 0. The molecule has 0 aliphatic rings. The molecule has 1 aromatic carbocycles. The smallest absolute Gasteiger partial charge is 0.409 e. The Kier molecular flexibility index (Phi) is 3.54. The summed E-state index contributed by atoms with van der Waals surface area (Å²) in [5, 5.41) is 14.3. The molecule has 2 aromatic rings. The van der Waals surface area contributed by atoms with Crippen LogP contribution in [-0.2, 0) is 6.18 Å². The fourth-order valence-corrected chi connectivity index (χ4v) is 1.58. The second-order valence-corrected chi connectivity index (χ2v) is 3.95. The summed E-state index contributed by atoms with van der Waals surface area (Å²) < 4.78 is 65.4. The molecule has 5 nitrogen and oxygen atoms in total. The van der Waals surface area contributed by atoms with Crippen molar-refractivity contribution < 1.29 is 27.2 Å². The summed E-state index contributed by atoms with van der Waals surface area (Å²) >= 11 is 0. The van der Waals surface area contributed by atoms with Crippen molar-refractivity contribution in [3.63, 3.8) is 0 Å². The third kappa shape index (κ3) is 2.78. The van der Waals surface area contributed by atoms with Crippen LogP contribution >= 0.6 is 0 Å². The number of amidine groups is 1. The van der Waals surface area contributed by atoms with Crippen molar-refractivity contribution in [2.75, 3.05) is 0 Å². The largest absolute Gasteiger partial charge is 0.419 e. The molecule has 112 valence electrons. The molecular weight excluding hydrogens is 299 g/mol. The van der Waals surface area contributed by atoms with E-state index in [1.54, 1.807) is 0 Å². The van der Waals surface area contributed by atoms with Crippen LogP contribution in [-0.4, -0.2) is 20.8 Å². The number of aromatic nitrogens is 2. The van der Waals surface area contributed by atoms with Crippen molar-refractivity contribution in [1.29, 1.82) is 0 Å². The number of hydrogen-bond donors (Lipinski definition) is 2. The number of hydrogen-bond acceptors (Lipinski definition) is 3. The summed E-state index contributed by atoms with van der Waals surface area (Å²) in [6.45, 7) is 0. The van der Waals surface area contributed by atoms with Gasteiger partial charge in [0, 0.05) is 11.8 Å². The lowest BCUT2D eigenvalue weighted by atomic mass is 10.1. The van der Waals surface area contributed by atoms with Crippen molar-refractivity contribution in [1.82, 2.24) is 9.78 Å². The standard InChI is InChI=1S/C11H7F5N4O/c12-7-1-5(10(17)19-21)2-8(13)9(7)20-4-6(3-18-20)11(14,15)16/h1-4,21H,(H2,17,19). The van der Waals surface area contributed by atoms with Crippen molar-refractivity contribution in [3.05, 3.63) is 47.3 Å². The normalized spacial score (nSPS) is 12.7. The molecule has 0 atom stereocenters. The first-order valence-corrected chi connectivity index (χ1v) is 5.33. The number of halogens is 5. The van der Waals surface area contributed by atoms with E-state index in [4.69, 9.17) is 10.9 Å². The average Bonchev–Trinajstić information content (AvgIpc) is 2.86. The first-order valence-electron chi connectivity index (χ1n) is 5.33. The van der Waals surface area contributed by atoms with Crippen LogP contribution in [0.3, 0.4) is 0 Å². The molecule has 0 spiro atoms. The Morgan fingerprint density at radius 1 is 1.24 bits per heavy atom. The van der Waals surface area contributed by atoms with Gasteiger partial charge in [-0.2, -0.15) is 18.3 Å². The number of oxime groups is 1. The van der Waals surface area contributed by atoms with E-state index in [-0.39, 0.29) is 5.56 Å². The van der Waals surface area contributed by atoms with Crippen LogP contribution in [0.4, 0.5) is 22.0 Å². The molecule has 0 saturated heterocycles. The summed E-state index contributed by atoms with van der Waals surface area (Å²) in [5.41, 5.74) is 2.96. The van der Waals surface area contributed by atoms with Gasteiger partial charge in [-0.05, 0) is 12.1 Å². The summed E-state index contributed by atoms with van der Waals surface area (Å²) in [6, 6.07) is 1.42. The van der Waals surface area contributed by atoms with E-state index in [0.717, 1.165) is 0 Å². The fourth-order valence-electron chi connectivity index (χ4n) is 1.58.